The molecule has 34 rings (SSSR count). The third-order valence-corrected chi connectivity index (χ3v) is 46.6. The van der Waals surface area contributed by atoms with Gasteiger partial charge in [-0.25, -0.2) is 0 Å². The van der Waals surface area contributed by atoms with E-state index in [1.165, 1.54) is 362 Å². The molecule has 18 atom stereocenters. The molecule has 2 aromatic carbocycles. The molecule has 32 aliphatic rings. The van der Waals surface area contributed by atoms with Crippen LogP contribution in [0.1, 0.15) is 594 Å². The molecule has 0 aliphatic heterocycles. The van der Waals surface area contributed by atoms with E-state index >= 15 is 0 Å². The van der Waals surface area contributed by atoms with Gasteiger partial charge in [0.25, 0.3) is 0 Å². The van der Waals surface area contributed by atoms with Crippen LogP contribution in [0.25, 0.3) is 0 Å². The number of fused-ring (bicyclic) bond motifs is 31. The molecule has 0 heteroatoms. The van der Waals surface area contributed by atoms with Crippen molar-refractivity contribution < 1.29 is 0 Å². The monoisotopic (exact) mass is 1850 g/mol. The van der Waals surface area contributed by atoms with Gasteiger partial charge in [0, 0.05) is 0 Å². The van der Waals surface area contributed by atoms with E-state index in [1.807, 2.05) is 0 Å². The first-order valence-corrected chi connectivity index (χ1v) is 65.0. The van der Waals surface area contributed by atoms with Crippen molar-refractivity contribution in [3.8, 4) is 0 Å². The third kappa shape index (κ3) is 31.3. The Bertz CT molecular complexity index is 3110. The first-order chi connectivity index (χ1) is 66.9. The first kappa shape index (κ1) is 103. The lowest BCUT2D eigenvalue weighted by molar-refractivity contribution is 0.0198. The summed E-state index contributed by atoms with van der Waals surface area (Å²) >= 11 is 0. The Hall–Kier alpha value is -1.56. The molecule has 0 saturated heterocycles. The highest BCUT2D eigenvalue weighted by molar-refractivity contribution is 5.31. The van der Waals surface area contributed by atoms with Gasteiger partial charge in [-0.15, -0.1) is 0 Å². The molecule has 135 heavy (non-hydrogen) atoms. The van der Waals surface area contributed by atoms with Crippen LogP contribution in [0, 0.1) is 178 Å². The molecule has 0 aromatic heterocycles. The van der Waals surface area contributed by atoms with E-state index in [2.05, 4.69) is 48.5 Å². The largest absolute Gasteiger partial charge is 0.0620 e. The van der Waals surface area contributed by atoms with Gasteiger partial charge >= 0.3 is 0 Å². The summed E-state index contributed by atoms with van der Waals surface area (Å²) < 4.78 is 0. The Kier molecular flexibility index (Phi) is 43.2. The zero-order valence-corrected chi connectivity index (χ0v) is 89.7. The van der Waals surface area contributed by atoms with Crippen molar-refractivity contribution in [3.63, 3.8) is 0 Å². The van der Waals surface area contributed by atoms with Crippen LogP contribution in [0.15, 0.2) is 48.5 Å². The van der Waals surface area contributed by atoms with Crippen molar-refractivity contribution in [3.05, 3.63) is 70.8 Å². The van der Waals surface area contributed by atoms with Crippen LogP contribution in [-0.2, 0) is 25.7 Å². The van der Waals surface area contributed by atoms with Crippen LogP contribution in [0.5, 0.6) is 0 Å². The van der Waals surface area contributed by atoms with Gasteiger partial charge in [0.05, 0.1) is 0 Å². The molecule has 0 heterocycles. The predicted molar refractivity (Wildman–Crippen MR) is 583 cm³/mol. The van der Waals surface area contributed by atoms with Crippen LogP contribution >= 0.6 is 0 Å². The molecule has 0 spiro atoms. The zero-order chi connectivity index (χ0) is 91.0. The van der Waals surface area contributed by atoms with E-state index in [9.17, 15) is 0 Å². The molecule has 18 bridgehead atoms. The van der Waals surface area contributed by atoms with Gasteiger partial charge < -0.3 is 0 Å². The minimum absolute atomic E-state index is 1.15. The Morgan fingerprint density at radius 2 is 0.296 bits per heavy atom. The lowest BCUT2D eigenvalue weighted by atomic mass is 9.56. The minimum Gasteiger partial charge on any atom is -0.0620 e. The average Bonchev–Trinajstić information content (AvgIpc) is 1.56. The van der Waals surface area contributed by atoms with Crippen molar-refractivity contribution in [1.29, 1.82) is 0 Å². The van der Waals surface area contributed by atoms with Crippen LogP contribution in [0.4, 0.5) is 0 Å². The molecule has 18 unspecified atom stereocenters. The molecular formula is C135H224. The maximum Gasteiger partial charge on any atom is -0.0273 e. The summed E-state index contributed by atoms with van der Waals surface area (Å²) in [6.45, 7) is 0. The minimum atomic E-state index is 1.15. The van der Waals surface area contributed by atoms with E-state index in [1.54, 1.807) is 375 Å². The van der Waals surface area contributed by atoms with Gasteiger partial charge in [0.1, 0.15) is 0 Å². The van der Waals surface area contributed by atoms with Crippen molar-refractivity contribution in [2.45, 2.75) is 597 Å². The van der Waals surface area contributed by atoms with Gasteiger partial charge in [-0.3, -0.25) is 0 Å². The Morgan fingerprint density at radius 3 is 0.541 bits per heavy atom. The highest BCUT2D eigenvalue weighted by atomic mass is 14.6. The summed E-state index contributed by atoms with van der Waals surface area (Å²) in [6.07, 6.45) is 143. The number of benzene rings is 2. The standard InChI is InChI=1S/C14H24.C12H18.C11H18.2C10H16.C10H18.C10H12.C9H10.2C8H14.C8H16.C7H12.C7H14.C6H12.C5H10/c1-2-6-12-10-14-8-4-3-7-13(14)9-11(12)5-1;1-2-8-5-7(1)11-9-3-4-10(6-9)12(8)11;1-2-4-11-9-6-5-8(7-9)10(11)3-1;1-7-2-9-4-8(1)5-10(3-7)6-9;1-2-9-7-4-5-8(6-7)10(9)3-1;2*1-2-6-10-8-4-3-7-9(10)5-1;1-2-5-9-7-3-6-8(9)4-1;1-2-8-5-3-7(1)4-6-8;1-2-7-4-5-8(3-1)6-7;1-2-4-6-8-7-5-3-1;1-2-7-4-3-6(1)5-7;1-2-4-6-7-5-3-1;1-2-4-6-5-3-1;1-2-4-5-3-1/h11-14H,1-10H2;7-12H,1-6H2;8-11H,1-7H2;2*7-10H,1-6H2;9-10H,1-8H2;1-2,5-6H,3-4,7-8H2;1-2,4-5H,3,6-7H2;2*7-8H,1-6H2;1-8H2;6-7H,1-5H2;1-7H2;1-6H2;1-5H2. The fourth-order valence-corrected chi connectivity index (χ4v) is 39.8. The summed E-state index contributed by atoms with van der Waals surface area (Å²) in [5.74, 6) is 35.5. The predicted octanol–water partition coefficient (Wildman–Crippen LogP) is 42.0. The number of rotatable bonds is 0. The summed E-state index contributed by atoms with van der Waals surface area (Å²) in [5, 5.41) is 0. The fraction of sp³-hybridized carbons (Fsp3) is 0.911. The Morgan fingerprint density at radius 1 is 0.111 bits per heavy atom. The maximum absolute atomic E-state index is 2.26. The van der Waals surface area contributed by atoms with Gasteiger partial charge in [0.15, 0.2) is 0 Å². The van der Waals surface area contributed by atoms with Gasteiger partial charge in [-0.05, 0) is 412 Å². The van der Waals surface area contributed by atoms with Crippen LogP contribution in [-0.4, -0.2) is 0 Å². The third-order valence-electron chi connectivity index (χ3n) is 46.6. The normalized spacial score (nSPS) is 41.5. The highest BCUT2D eigenvalue weighted by Gasteiger charge is 2.60. The number of hydrogen-bond acceptors (Lipinski definition) is 0. The summed E-state index contributed by atoms with van der Waals surface area (Å²) in [7, 11) is 0. The molecule has 0 N–H and O–H groups in total. The molecule has 32 aliphatic carbocycles. The number of hydrogen-bond donors (Lipinski definition) is 0. The van der Waals surface area contributed by atoms with E-state index in [4.69, 9.17) is 0 Å². The first-order valence-electron chi connectivity index (χ1n) is 65.0. The lowest BCUT2D eigenvalue weighted by Gasteiger charge is -2.49. The van der Waals surface area contributed by atoms with Crippen molar-refractivity contribution in [2.24, 2.45) is 178 Å². The van der Waals surface area contributed by atoms with Crippen LogP contribution in [0.2, 0.25) is 0 Å². The molecule has 0 nitrogen and oxygen atoms in total. The molecule has 2 aromatic rings. The average molecular weight is 1850 g/mol. The summed E-state index contributed by atoms with van der Waals surface area (Å²) in [5.41, 5.74) is 6.29. The van der Waals surface area contributed by atoms with E-state index in [0.717, 1.165) is 59.2 Å². The van der Waals surface area contributed by atoms with Crippen molar-refractivity contribution in [2.75, 3.05) is 0 Å². The van der Waals surface area contributed by atoms with Crippen LogP contribution in [0.3, 0.4) is 0 Å². The molecule has 764 valence electrons. The Balaban J connectivity index is 0.0000000971. The SMILES string of the molecule is C1C2CC3CC1CC(C2)C3.C1CC2C3CCC(C3)C2C1.C1CC2CC1C1C3CCC(C3)C21.C1CC2CCC(C1)C2.C1CC2CCC1C2.C1CC2CCC1CC2.C1CCC2C3CCC(C3)C2C1.C1CCC2CC3CCCCC3CC2C1.C1CCC2CCCCC2C1.C1CCCC1.C1CCCCC1.C1CCCCCC1.C1CCCCCCC1.c1ccc2c(c1)CCC2.c1ccc2c(c1)CCCC2. The van der Waals surface area contributed by atoms with E-state index in [-0.39, 0.29) is 0 Å². The van der Waals surface area contributed by atoms with E-state index < -0.39 is 0 Å². The maximum atomic E-state index is 2.26. The topological polar surface area (TPSA) is 0 Å². The zero-order valence-electron chi connectivity index (χ0n) is 89.7. The highest BCUT2D eigenvalue weighted by Crippen LogP contribution is 2.68. The molecule has 30 fully saturated rings. The second-order valence-corrected chi connectivity index (χ2v) is 55.3. The molecule has 0 radical (unpaired) electrons. The lowest BCUT2D eigenvalue weighted by Crippen LogP contribution is -2.38. The fourth-order valence-electron chi connectivity index (χ4n) is 39.8. The smallest absolute Gasteiger partial charge is 0.0273 e. The number of aryl methyl sites for hydroxylation is 4. The van der Waals surface area contributed by atoms with Gasteiger partial charge in [-0.2, -0.15) is 0 Å². The second kappa shape index (κ2) is 56.4. The summed E-state index contributed by atoms with van der Waals surface area (Å²) in [6, 6.07) is 17.5. The van der Waals surface area contributed by atoms with Crippen LogP contribution < -0.4 is 0 Å². The molecule has 0 amide bonds. The molecular weight excluding hydrogens is 1620 g/mol. The van der Waals surface area contributed by atoms with E-state index in [0.29, 0.717) is 0 Å². The Labute approximate surface area is 839 Å². The van der Waals surface area contributed by atoms with Gasteiger partial charge in [-0.1, -0.05) is 434 Å². The quantitative estimate of drug-likeness (QED) is 0.182. The molecule has 30 saturated carbocycles. The van der Waals surface area contributed by atoms with Crippen molar-refractivity contribution in [1.82, 2.24) is 0 Å². The van der Waals surface area contributed by atoms with Crippen molar-refractivity contribution >= 4 is 0 Å². The summed E-state index contributed by atoms with van der Waals surface area (Å²) in [4.78, 5) is 0. The second-order valence-electron chi connectivity index (χ2n) is 55.3. The van der Waals surface area contributed by atoms with Gasteiger partial charge in [0.2, 0.25) is 0 Å².